The van der Waals surface area contributed by atoms with Crippen molar-refractivity contribution >= 4 is 5.69 Å². The molecule has 0 bridgehead atoms. The molecule has 0 atom stereocenters. The standard InChI is InChI=1S/C16H23N3O/c1-14-12-15(6-7-16(14)17)20-11-5-3-2-4-9-19-10-8-18-13-19/h6-8,10,12-13H,2-5,9,11,17H2,1H3. The number of hydrogen-bond acceptors (Lipinski definition) is 3. The lowest BCUT2D eigenvalue weighted by Gasteiger charge is -2.08. The van der Waals surface area contributed by atoms with Crippen molar-refractivity contribution in [2.75, 3.05) is 12.3 Å². The molecule has 1 aromatic heterocycles. The van der Waals surface area contributed by atoms with E-state index in [1.807, 2.05) is 43.8 Å². The average molecular weight is 273 g/mol. The molecule has 1 heterocycles. The highest BCUT2D eigenvalue weighted by Crippen LogP contribution is 2.18. The number of hydrogen-bond donors (Lipinski definition) is 1. The van der Waals surface area contributed by atoms with Crippen LogP contribution in [0.1, 0.15) is 31.2 Å². The van der Waals surface area contributed by atoms with E-state index in [9.17, 15) is 0 Å². The second kappa shape index (κ2) is 7.58. The number of nitrogen functional groups attached to an aromatic ring is 1. The zero-order valence-electron chi connectivity index (χ0n) is 12.1. The van der Waals surface area contributed by atoms with E-state index < -0.39 is 0 Å². The number of ether oxygens (including phenoxy) is 1. The number of unbranched alkanes of at least 4 members (excludes halogenated alkanes) is 3. The van der Waals surface area contributed by atoms with Gasteiger partial charge in [0.05, 0.1) is 12.9 Å². The van der Waals surface area contributed by atoms with Crippen molar-refractivity contribution in [2.24, 2.45) is 0 Å². The SMILES string of the molecule is Cc1cc(OCCCCCCn2ccnc2)ccc1N. The van der Waals surface area contributed by atoms with Crippen LogP contribution in [0.5, 0.6) is 5.75 Å². The summed E-state index contributed by atoms with van der Waals surface area (Å²) in [7, 11) is 0. The van der Waals surface area contributed by atoms with Gasteiger partial charge >= 0.3 is 0 Å². The largest absolute Gasteiger partial charge is 0.494 e. The molecule has 0 aliphatic heterocycles. The van der Waals surface area contributed by atoms with Crippen LogP contribution in [0.4, 0.5) is 5.69 Å². The molecule has 2 rings (SSSR count). The summed E-state index contributed by atoms with van der Waals surface area (Å²) in [5.41, 5.74) is 7.67. The zero-order chi connectivity index (χ0) is 14.2. The van der Waals surface area contributed by atoms with E-state index >= 15 is 0 Å². The number of aryl methyl sites for hydroxylation is 2. The molecule has 0 saturated heterocycles. The van der Waals surface area contributed by atoms with Gasteiger partial charge in [0.1, 0.15) is 5.75 Å². The van der Waals surface area contributed by atoms with Gasteiger partial charge < -0.3 is 15.0 Å². The first-order chi connectivity index (χ1) is 9.75. The maximum absolute atomic E-state index is 5.78. The molecule has 0 radical (unpaired) electrons. The van der Waals surface area contributed by atoms with E-state index in [2.05, 4.69) is 9.55 Å². The molecule has 0 aliphatic rings. The van der Waals surface area contributed by atoms with Gasteiger partial charge in [-0.05, 0) is 43.5 Å². The van der Waals surface area contributed by atoms with Crippen molar-refractivity contribution in [3.8, 4) is 5.75 Å². The Morgan fingerprint density at radius 2 is 2.05 bits per heavy atom. The lowest BCUT2D eigenvalue weighted by atomic mass is 10.2. The fourth-order valence-corrected chi connectivity index (χ4v) is 2.10. The Balaban J connectivity index is 1.54. The maximum Gasteiger partial charge on any atom is 0.119 e. The third kappa shape index (κ3) is 4.61. The first-order valence-electron chi connectivity index (χ1n) is 7.20. The minimum atomic E-state index is 0.772. The van der Waals surface area contributed by atoms with Crippen LogP contribution in [0.2, 0.25) is 0 Å². The van der Waals surface area contributed by atoms with Gasteiger partial charge in [-0.25, -0.2) is 4.98 Å². The Bertz CT molecular complexity index is 508. The second-order valence-corrected chi connectivity index (χ2v) is 5.08. The summed E-state index contributed by atoms with van der Waals surface area (Å²) in [6.07, 6.45) is 10.4. The summed E-state index contributed by atoms with van der Waals surface area (Å²) in [6, 6.07) is 5.82. The molecule has 0 aliphatic carbocycles. The van der Waals surface area contributed by atoms with Crippen LogP contribution in [-0.4, -0.2) is 16.2 Å². The van der Waals surface area contributed by atoms with E-state index in [0.717, 1.165) is 36.6 Å². The summed E-state index contributed by atoms with van der Waals surface area (Å²) >= 11 is 0. The molecule has 0 unspecified atom stereocenters. The number of imidazole rings is 1. The molecule has 4 nitrogen and oxygen atoms in total. The summed E-state index contributed by atoms with van der Waals surface area (Å²) in [5.74, 6) is 0.912. The minimum Gasteiger partial charge on any atom is -0.494 e. The molecule has 0 amide bonds. The van der Waals surface area contributed by atoms with E-state index in [0.29, 0.717) is 0 Å². The van der Waals surface area contributed by atoms with Crippen molar-refractivity contribution in [3.63, 3.8) is 0 Å². The van der Waals surface area contributed by atoms with Crippen molar-refractivity contribution in [1.82, 2.24) is 9.55 Å². The predicted molar refractivity (Wildman–Crippen MR) is 81.8 cm³/mol. The van der Waals surface area contributed by atoms with Gasteiger partial charge in [0.15, 0.2) is 0 Å². The van der Waals surface area contributed by atoms with Crippen LogP contribution < -0.4 is 10.5 Å². The van der Waals surface area contributed by atoms with E-state index in [1.165, 1.54) is 19.3 Å². The third-order valence-electron chi connectivity index (χ3n) is 3.38. The van der Waals surface area contributed by atoms with Crippen LogP contribution in [-0.2, 0) is 6.54 Å². The number of benzene rings is 1. The van der Waals surface area contributed by atoms with Gasteiger partial charge in [-0.2, -0.15) is 0 Å². The summed E-state index contributed by atoms with van der Waals surface area (Å²) < 4.78 is 7.84. The van der Waals surface area contributed by atoms with Crippen LogP contribution in [0, 0.1) is 6.92 Å². The van der Waals surface area contributed by atoms with Crippen LogP contribution in [0.15, 0.2) is 36.9 Å². The molecule has 1 aromatic carbocycles. The van der Waals surface area contributed by atoms with Gasteiger partial charge in [-0.1, -0.05) is 12.8 Å². The number of nitrogens with two attached hydrogens (primary N) is 1. The topological polar surface area (TPSA) is 53.1 Å². The number of aromatic nitrogens is 2. The van der Waals surface area contributed by atoms with Crippen LogP contribution in [0.25, 0.3) is 0 Å². The van der Waals surface area contributed by atoms with Gasteiger partial charge in [-0.3, -0.25) is 0 Å². The summed E-state index contributed by atoms with van der Waals surface area (Å²) in [4.78, 5) is 4.03. The van der Waals surface area contributed by atoms with Crippen molar-refractivity contribution in [3.05, 3.63) is 42.5 Å². The van der Waals surface area contributed by atoms with Crippen molar-refractivity contribution in [1.29, 1.82) is 0 Å². The highest BCUT2D eigenvalue weighted by atomic mass is 16.5. The Hall–Kier alpha value is -1.97. The lowest BCUT2D eigenvalue weighted by molar-refractivity contribution is 0.304. The highest BCUT2D eigenvalue weighted by molar-refractivity contribution is 5.49. The van der Waals surface area contributed by atoms with Gasteiger partial charge in [-0.15, -0.1) is 0 Å². The quantitative estimate of drug-likeness (QED) is 0.592. The Morgan fingerprint density at radius 1 is 1.20 bits per heavy atom. The van der Waals surface area contributed by atoms with Crippen LogP contribution in [0.3, 0.4) is 0 Å². The molecule has 2 aromatic rings. The molecular weight excluding hydrogens is 250 g/mol. The van der Waals surface area contributed by atoms with E-state index in [-0.39, 0.29) is 0 Å². The fraction of sp³-hybridized carbons (Fsp3) is 0.438. The second-order valence-electron chi connectivity index (χ2n) is 5.08. The molecule has 20 heavy (non-hydrogen) atoms. The first kappa shape index (κ1) is 14.4. The van der Waals surface area contributed by atoms with E-state index in [4.69, 9.17) is 10.5 Å². The maximum atomic E-state index is 5.78. The Labute approximate surface area is 120 Å². The molecule has 4 heteroatoms. The number of anilines is 1. The molecule has 0 saturated carbocycles. The molecule has 0 fully saturated rings. The van der Waals surface area contributed by atoms with Crippen molar-refractivity contribution in [2.45, 2.75) is 39.2 Å². The fourth-order valence-electron chi connectivity index (χ4n) is 2.10. The van der Waals surface area contributed by atoms with Crippen molar-refractivity contribution < 1.29 is 4.74 Å². The Kier molecular flexibility index (Phi) is 5.47. The first-order valence-corrected chi connectivity index (χ1v) is 7.20. The summed E-state index contributed by atoms with van der Waals surface area (Å²) in [6.45, 7) is 3.82. The molecule has 0 spiro atoms. The Morgan fingerprint density at radius 3 is 2.80 bits per heavy atom. The van der Waals surface area contributed by atoms with Gasteiger partial charge in [0.25, 0.3) is 0 Å². The van der Waals surface area contributed by atoms with Gasteiger partial charge in [0, 0.05) is 24.6 Å². The number of rotatable bonds is 8. The molecular formula is C16H23N3O. The highest BCUT2D eigenvalue weighted by Gasteiger charge is 1.98. The average Bonchev–Trinajstić information content (AvgIpc) is 2.95. The monoisotopic (exact) mass is 273 g/mol. The smallest absolute Gasteiger partial charge is 0.119 e. The predicted octanol–water partition coefficient (Wildman–Crippen LogP) is 3.41. The summed E-state index contributed by atoms with van der Waals surface area (Å²) in [5, 5.41) is 0. The van der Waals surface area contributed by atoms with Crippen LogP contribution >= 0.6 is 0 Å². The third-order valence-corrected chi connectivity index (χ3v) is 3.38. The lowest BCUT2D eigenvalue weighted by Crippen LogP contribution is -1.99. The molecule has 108 valence electrons. The normalized spacial score (nSPS) is 10.7. The zero-order valence-corrected chi connectivity index (χ0v) is 12.1. The molecule has 2 N–H and O–H groups in total. The van der Waals surface area contributed by atoms with E-state index in [1.54, 1.807) is 0 Å². The number of nitrogens with zero attached hydrogens (tertiary/aromatic N) is 2. The minimum absolute atomic E-state index is 0.772. The van der Waals surface area contributed by atoms with Gasteiger partial charge in [0.2, 0.25) is 0 Å².